The number of oxazole rings is 1. The van der Waals surface area contributed by atoms with Gasteiger partial charge < -0.3 is 15.1 Å². The Morgan fingerprint density at radius 3 is 2.75 bits per heavy atom. The number of nitrogens with zero attached hydrogens (tertiary/aromatic N) is 2. The van der Waals surface area contributed by atoms with Crippen molar-refractivity contribution in [2.75, 3.05) is 19.6 Å². The molecule has 1 saturated heterocycles. The van der Waals surface area contributed by atoms with Gasteiger partial charge in [0.25, 0.3) is 5.91 Å². The first-order chi connectivity index (χ1) is 13.6. The molecule has 4 rings (SSSR count). The van der Waals surface area contributed by atoms with Gasteiger partial charge in [-0.25, -0.2) is 4.98 Å². The largest absolute Gasteiger partial charge is 0.436 e. The number of carbonyl (C=O) groups excluding carboxylic acids is 1. The Bertz CT molecular complexity index is 1040. The van der Waals surface area contributed by atoms with E-state index in [-0.39, 0.29) is 5.91 Å². The van der Waals surface area contributed by atoms with Gasteiger partial charge in [-0.2, -0.15) is 5.26 Å². The summed E-state index contributed by atoms with van der Waals surface area (Å²) in [7, 11) is 0. The molecule has 2 aromatic carbocycles. The number of rotatable bonds is 4. The predicted molar refractivity (Wildman–Crippen MR) is 107 cm³/mol. The van der Waals surface area contributed by atoms with E-state index in [9.17, 15) is 4.79 Å². The Kier molecular flexibility index (Phi) is 5.09. The van der Waals surface area contributed by atoms with Gasteiger partial charge in [-0.15, -0.1) is 0 Å². The second kappa shape index (κ2) is 7.83. The minimum absolute atomic E-state index is 0.0582. The Morgan fingerprint density at radius 1 is 1.29 bits per heavy atom. The number of hydrogen-bond acceptors (Lipinski definition) is 5. The molecule has 6 nitrogen and oxygen atoms in total. The molecular formula is C22H22N4O2. The Morgan fingerprint density at radius 2 is 2.04 bits per heavy atom. The summed E-state index contributed by atoms with van der Waals surface area (Å²) < 4.78 is 5.88. The predicted octanol–water partition coefficient (Wildman–Crippen LogP) is 3.40. The third kappa shape index (κ3) is 3.75. The van der Waals surface area contributed by atoms with Crippen molar-refractivity contribution in [2.45, 2.75) is 19.8 Å². The average molecular weight is 374 g/mol. The molecule has 2 heterocycles. The summed E-state index contributed by atoms with van der Waals surface area (Å²) in [6.07, 6.45) is 2.20. The van der Waals surface area contributed by atoms with E-state index in [1.54, 1.807) is 24.3 Å². The van der Waals surface area contributed by atoms with Gasteiger partial charge in [0, 0.05) is 17.7 Å². The lowest BCUT2D eigenvalue weighted by Gasteiger charge is -2.22. The van der Waals surface area contributed by atoms with Crippen LogP contribution in [0.2, 0.25) is 0 Å². The molecule has 0 radical (unpaired) electrons. The van der Waals surface area contributed by atoms with Crippen LogP contribution in [-0.4, -0.2) is 30.5 Å². The molecule has 3 aromatic rings. The monoisotopic (exact) mass is 374 g/mol. The molecule has 142 valence electrons. The Balaban J connectivity index is 1.48. The van der Waals surface area contributed by atoms with Gasteiger partial charge in [-0.3, -0.25) is 4.79 Å². The molecular weight excluding hydrogens is 352 g/mol. The van der Waals surface area contributed by atoms with E-state index in [0.29, 0.717) is 40.6 Å². The van der Waals surface area contributed by atoms with Crippen LogP contribution >= 0.6 is 0 Å². The van der Waals surface area contributed by atoms with Crippen molar-refractivity contribution in [1.29, 1.82) is 5.26 Å². The van der Waals surface area contributed by atoms with E-state index in [4.69, 9.17) is 9.68 Å². The molecule has 1 aliphatic rings. The van der Waals surface area contributed by atoms with E-state index in [0.717, 1.165) is 37.1 Å². The van der Waals surface area contributed by atoms with Crippen molar-refractivity contribution in [2.24, 2.45) is 5.92 Å². The summed E-state index contributed by atoms with van der Waals surface area (Å²) >= 11 is 0. The number of piperidine rings is 1. The fourth-order valence-electron chi connectivity index (χ4n) is 3.58. The molecule has 0 atom stereocenters. The van der Waals surface area contributed by atoms with Crippen LogP contribution in [0.15, 0.2) is 40.8 Å². The van der Waals surface area contributed by atoms with Gasteiger partial charge in [0.1, 0.15) is 5.52 Å². The van der Waals surface area contributed by atoms with E-state index >= 15 is 0 Å². The smallest absolute Gasteiger partial charge is 0.251 e. The lowest BCUT2D eigenvalue weighted by Crippen LogP contribution is -2.35. The van der Waals surface area contributed by atoms with E-state index in [2.05, 4.69) is 21.7 Å². The highest BCUT2D eigenvalue weighted by Crippen LogP contribution is 2.27. The lowest BCUT2D eigenvalue weighted by atomic mass is 9.98. The van der Waals surface area contributed by atoms with Gasteiger partial charge in [0.05, 0.1) is 11.6 Å². The third-order valence-electron chi connectivity index (χ3n) is 5.21. The van der Waals surface area contributed by atoms with Crippen LogP contribution in [0.1, 0.15) is 34.3 Å². The quantitative estimate of drug-likeness (QED) is 0.730. The first-order valence-electron chi connectivity index (χ1n) is 9.54. The number of nitriles is 1. The van der Waals surface area contributed by atoms with Crippen molar-refractivity contribution < 1.29 is 9.21 Å². The van der Waals surface area contributed by atoms with Crippen molar-refractivity contribution in [3.05, 3.63) is 53.1 Å². The normalized spacial score (nSPS) is 14.7. The number of benzene rings is 2. The standard InChI is InChI=1S/C22H22N4O2/c1-14-10-16(12-23)11-19-20(14)28-22(26-19)18-4-2-17(3-5-18)21(27)25-13-15-6-8-24-9-7-15/h2-5,10-11,15,24H,6-9,13H2,1H3,(H,25,27). The number of aryl methyl sites for hydroxylation is 1. The van der Waals surface area contributed by atoms with Crippen LogP contribution in [0.4, 0.5) is 0 Å². The molecule has 0 bridgehead atoms. The lowest BCUT2D eigenvalue weighted by molar-refractivity contribution is 0.0944. The molecule has 1 fully saturated rings. The number of carbonyl (C=O) groups is 1. The van der Waals surface area contributed by atoms with Crippen LogP contribution in [-0.2, 0) is 0 Å². The molecule has 0 saturated carbocycles. The zero-order chi connectivity index (χ0) is 19.5. The molecule has 2 N–H and O–H groups in total. The van der Waals surface area contributed by atoms with Gasteiger partial charge in [0.2, 0.25) is 5.89 Å². The molecule has 1 aromatic heterocycles. The molecule has 0 spiro atoms. The summed E-state index contributed by atoms with van der Waals surface area (Å²) in [6, 6.07) is 12.9. The highest BCUT2D eigenvalue weighted by molar-refractivity contribution is 5.94. The first kappa shape index (κ1) is 18.2. The summed E-state index contributed by atoms with van der Waals surface area (Å²) in [6.45, 7) is 4.66. The van der Waals surface area contributed by atoms with Crippen molar-refractivity contribution in [3.8, 4) is 17.5 Å². The highest BCUT2D eigenvalue weighted by Gasteiger charge is 2.15. The van der Waals surface area contributed by atoms with Crippen LogP contribution < -0.4 is 10.6 Å². The van der Waals surface area contributed by atoms with Crippen molar-refractivity contribution in [3.63, 3.8) is 0 Å². The summed E-state index contributed by atoms with van der Waals surface area (Å²) in [5.41, 5.74) is 4.20. The minimum atomic E-state index is -0.0582. The van der Waals surface area contributed by atoms with Crippen LogP contribution in [0.25, 0.3) is 22.6 Å². The summed E-state index contributed by atoms with van der Waals surface area (Å²) in [4.78, 5) is 16.9. The molecule has 28 heavy (non-hydrogen) atoms. The van der Waals surface area contributed by atoms with Gasteiger partial charge in [-0.1, -0.05) is 0 Å². The SMILES string of the molecule is Cc1cc(C#N)cc2nc(-c3ccc(C(=O)NCC4CCNCC4)cc3)oc12. The minimum Gasteiger partial charge on any atom is -0.436 e. The fourth-order valence-corrected chi connectivity index (χ4v) is 3.58. The second-order valence-electron chi connectivity index (χ2n) is 7.25. The van der Waals surface area contributed by atoms with Gasteiger partial charge in [-0.05, 0) is 80.7 Å². The van der Waals surface area contributed by atoms with Crippen LogP contribution in [0.5, 0.6) is 0 Å². The summed E-state index contributed by atoms with van der Waals surface area (Å²) in [5, 5.41) is 15.5. The maximum absolute atomic E-state index is 12.4. The van der Waals surface area contributed by atoms with E-state index in [1.165, 1.54) is 0 Å². The number of aromatic nitrogens is 1. The average Bonchev–Trinajstić information content (AvgIpc) is 3.17. The highest BCUT2D eigenvalue weighted by atomic mass is 16.3. The first-order valence-corrected chi connectivity index (χ1v) is 9.54. The molecule has 0 aliphatic carbocycles. The van der Waals surface area contributed by atoms with Gasteiger partial charge in [0.15, 0.2) is 5.58 Å². The topological polar surface area (TPSA) is 91.0 Å². The zero-order valence-corrected chi connectivity index (χ0v) is 15.8. The number of hydrogen-bond donors (Lipinski definition) is 2. The molecule has 1 amide bonds. The van der Waals surface area contributed by atoms with E-state index in [1.807, 2.05) is 19.1 Å². The molecule has 0 unspecified atom stereocenters. The molecule has 6 heteroatoms. The number of amides is 1. The van der Waals surface area contributed by atoms with Crippen LogP contribution in [0.3, 0.4) is 0 Å². The maximum atomic E-state index is 12.4. The van der Waals surface area contributed by atoms with Crippen LogP contribution in [0, 0.1) is 24.2 Å². The van der Waals surface area contributed by atoms with Crippen molar-refractivity contribution >= 4 is 17.0 Å². The Hall–Kier alpha value is -3.17. The summed E-state index contributed by atoms with van der Waals surface area (Å²) in [5.74, 6) is 0.970. The maximum Gasteiger partial charge on any atom is 0.251 e. The number of nitrogens with one attached hydrogen (secondary N) is 2. The molecule has 1 aliphatic heterocycles. The third-order valence-corrected chi connectivity index (χ3v) is 5.21. The Labute approximate surface area is 163 Å². The van der Waals surface area contributed by atoms with Gasteiger partial charge >= 0.3 is 0 Å². The van der Waals surface area contributed by atoms with E-state index < -0.39 is 0 Å². The second-order valence-corrected chi connectivity index (χ2v) is 7.25. The number of fused-ring (bicyclic) bond motifs is 1. The zero-order valence-electron chi connectivity index (χ0n) is 15.8. The fraction of sp³-hybridized carbons (Fsp3) is 0.318. The van der Waals surface area contributed by atoms with Crippen molar-refractivity contribution in [1.82, 2.24) is 15.6 Å².